The normalized spacial score (nSPS) is 16.9. The zero-order valence-corrected chi connectivity index (χ0v) is 13.4. The summed E-state index contributed by atoms with van der Waals surface area (Å²) < 4.78 is 5.42. The van der Waals surface area contributed by atoms with E-state index in [9.17, 15) is 4.79 Å². The topological polar surface area (TPSA) is 29.5 Å². The fourth-order valence-electron chi connectivity index (χ4n) is 3.07. The van der Waals surface area contributed by atoms with Gasteiger partial charge in [0.25, 0.3) is 0 Å². The molecule has 0 unspecified atom stereocenters. The Labute approximate surface area is 137 Å². The number of rotatable bonds is 6. The van der Waals surface area contributed by atoms with Gasteiger partial charge in [0.05, 0.1) is 13.2 Å². The first-order chi connectivity index (χ1) is 11.3. The van der Waals surface area contributed by atoms with Crippen LogP contribution in [0.3, 0.4) is 0 Å². The number of morpholine rings is 1. The molecule has 1 aliphatic rings. The lowest BCUT2D eigenvalue weighted by atomic mass is 9.90. The molecule has 1 heterocycles. The summed E-state index contributed by atoms with van der Waals surface area (Å²) >= 11 is 0. The predicted octanol–water partition coefficient (Wildman–Crippen LogP) is 3.06. The van der Waals surface area contributed by atoms with E-state index in [4.69, 9.17) is 4.74 Å². The monoisotopic (exact) mass is 309 g/mol. The van der Waals surface area contributed by atoms with Crippen LogP contribution in [0.4, 0.5) is 0 Å². The van der Waals surface area contributed by atoms with Crippen LogP contribution in [0.1, 0.15) is 15.9 Å². The highest BCUT2D eigenvalue weighted by Crippen LogP contribution is 2.17. The summed E-state index contributed by atoms with van der Waals surface area (Å²) in [6.45, 7) is 4.14. The van der Waals surface area contributed by atoms with Crippen LogP contribution < -0.4 is 0 Å². The minimum Gasteiger partial charge on any atom is -0.379 e. The van der Waals surface area contributed by atoms with E-state index in [-0.39, 0.29) is 11.7 Å². The Morgan fingerprint density at radius 1 is 0.957 bits per heavy atom. The van der Waals surface area contributed by atoms with Crippen LogP contribution in [0.5, 0.6) is 0 Å². The lowest BCUT2D eigenvalue weighted by Gasteiger charge is -2.30. The zero-order chi connectivity index (χ0) is 15.9. The first kappa shape index (κ1) is 15.9. The summed E-state index contributed by atoms with van der Waals surface area (Å²) in [7, 11) is 0. The van der Waals surface area contributed by atoms with E-state index in [1.807, 2.05) is 48.5 Å². The van der Waals surface area contributed by atoms with Crippen LogP contribution in [0.2, 0.25) is 0 Å². The van der Waals surface area contributed by atoms with Crippen LogP contribution >= 0.6 is 0 Å². The molecule has 0 aromatic heterocycles. The van der Waals surface area contributed by atoms with E-state index >= 15 is 0 Å². The van der Waals surface area contributed by atoms with Gasteiger partial charge >= 0.3 is 0 Å². The fourth-order valence-corrected chi connectivity index (χ4v) is 3.07. The van der Waals surface area contributed by atoms with Crippen molar-refractivity contribution in [3.63, 3.8) is 0 Å². The average molecular weight is 309 g/mol. The molecule has 3 heteroatoms. The molecule has 1 fully saturated rings. The molecule has 2 aromatic carbocycles. The molecular formula is C20H23NO2. The number of ether oxygens (including phenoxy) is 1. The number of benzene rings is 2. The van der Waals surface area contributed by atoms with Gasteiger partial charge in [0.2, 0.25) is 0 Å². The van der Waals surface area contributed by atoms with Crippen molar-refractivity contribution in [2.24, 2.45) is 5.92 Å². The largest absolute Gasteiger partial charge is 0.379 e. The second kappa shape index (κ2) is 8.04. The van der Waals surface area contributed by atoms with Crippen molar-refractivity contribution in [2.45, 2.75) is 6.42 Å². The highest BCUT2D eigenvalue weighted by Gasteiger charge is 2.24. The molecule has 0 amide bonds. The molecule has 2 aromatic rings. The van der Waals surface area contributed by atoms with E-state index < -0.39 is 0 Å². The van der Waals surface area contributed by atoms with Gasteiger partial charge in [-0.05, 0) is 12.0 Å². The third kappa shape index (κ3) is 4.50. The molecule has 0 spiro atoms. The van der Waals surface area contributed by atoms with Gasteiger partial charge in [-0.15, -0.1) is 0 Å². The van der Waals surface area contributed by atoms with Gasteiger partial charge in [0.15, 0.2) is 5.78 Å². The summed E-state index contributed by atoms with van der Waals surface area (Å²) in [5.74, 6) is 0.221. The Balaban J connectivity index is 1.76. The number of carbonyl (C=O) groups is 1. The van der Waals surface area contributed by atoms with Crippen LogP contribution in [-0.2, 0) is 11.2 Å². The molecule has 3 nitrogen and oxygen atoms in total. The van der Waals surface area contributed by atoms with Crippen molar-refractivity contribution in [3.05, 3.63) is 71.8 Å². The summed E-state index contributed by atoms with van der Waals surface area (Å²) in [5.41, 5.74) is 2.02. The maximum absolute atomic E-state index is 13.0. The van der Waals surface area contributed by atoms with Gasteiger partial charge < -0.3 is 4.74 Å². The van der Waals surface area contributed by atoms with Gasteiger partial charge in [0, 0.05) is 31.1 Å². The van der Waals surface area contributed by atoms with Crippen molar-refractivity contribution in [1.29, 1.82) is 0 Å². The van der Waals surface area contributed by atoms with Gasteiger partial charge in [-0.1, -0.05) is 60.7 Å². The van der Waals surface area contributed by atoms with Crippen molar-refractivity contribution >= 4 is 5.78 Å². The lowest BCUT2D eigenvalue weighted by molar-refractivity contribution is 0.0301. The van der Waals surface area contributed by atoms with E-state index in [1.54, 1.807) is 0 Å². The lowest BCUT2D eigenvalue weighted by Crippen LogP contribution is -2.41. The van der Waals surface area contributed by atoms with Crippen molar-refractivity contribution in [1.82, 2.24) is 4.90 Å². The number of hydrogen-bond acceptors (Lipinski definition) is 3. The van der Waals surface area contributed by atoms with Crippen LogP contribution in [0, 0.1) is 5.92 Å². The molecule has 120 valence electrons. The van der Waals surface area contributed by atoms with Gasteiger partial charge in [0.1, 0.15) is 0 Å². The smallest absolute Gasteiger partial charge is 0.167 e. The Morgan fingerprint density at radius 2 is 1.57 bits per heavy atom. The number of nitrogens with zero attached hydrogens (tertiary/aromatic N) is 1. The summed E-state index contributed by atoms with van der Waals surface area (Å²) in [5, 5.41) is 0. The van der Waals surface area contributed by atoms with Crippen LogP contribution in [0.15, 0.2) is 60.7 Å². The number of ketones is 1. The third-order valence-corrected chi connectivity index (χ3v) is 4.34. The Bertz CT molecular complexity index is 606. The predicted molar refractivity (Wildman–Crippen MR) is 91.7 cm³/mol. The molecule has 0 aliphatic carbocycles. The minimum atomic E-state index is -0.0158. The maximum atomic E-state index is 13.0. The summed E-state index contributed by atoms with van der Waals surface area (Å²) in [4.78, 5) is 15.3. The first-order valence-electron chi connectivity index (χ1n) is 8.26. The number of hydrogen-bond donors (Lipinski definition) is 0. The highest BCUT2D eigenvalue weighted by molar-refractivity contribution is 5.98. The van der Waals surface area contributed by atoms with Gasteiger partial charge in [-0.25, -0.2) is 0 Å². The number of Topliss-reactive ketones (excluding diaryl/α,β-unsaturated/α-hetero) is 1. The number of carbonyl (C=O) groups excluding carboxylic acids is 1. The third-order valence-electron chi connectivity index (χ3n) is 4.34. The van der Waals surface area contributed by atoms with E-state index in [1.165, 1.54) is 5.56 Å². The fraction of sp³-hybridized carbons (Fsp3) is 0.350. The molecule has 3 rings (SSSR count). The molecule has 1 atom stereocenters. The molecule has 0 saturated carbocycles. The van der Waals surface area contributed by atoms with Gasteiger partial charge in [-0.2, -0.15) is 0 Å². The second-order valence-corrected chi connectivity index (χ2v) is 6.03. The van der Waals surface area contributed by atoms with Crippen LogP contribution in [0.25, 0.3) is 0 Å². The van der Waals surface area contributed by atoms with E-state index in [0.29, 0.717) is 0 Å². The highest BCUT2D eigenvalue weighted by atomic mass is 16.5. The SMILES string of the molecule is O=C(c1ccccc1)[C@@H](Cc1ccccc1)CN1CCOCC1. The molecular weight excluding hydrogens is 286 g/mol. The van der Waals surface area contributed by atoms with Crippen molar-refractivity contribution in [3.8, 4) is 0 Å². The maximum Gasteiger partial charge on any atom is 0.167 e. The van der Waals surface area contributed by atoms with E-state index in [0.717, 1.165) is 44.8 Å². The molecule has 1 saturated heterocycles. The molecule has 23 heavy (non-hydrogen) atoms. The molecule has 0 radical (unpaired) electrons. The standard InChI is InChI=1S/C20H23NO2/c22-20(18-9-5-2-6-10-18)19(15-17-7-3-1-4-8-17)16-21-11-13-23-14-12-21/h1-10,19H,11-16H2/t19-/m0/s1. The molecule has 1 aliphatic heterocycles. The van der Waals surface area contributed by atoms with Crippen molar-refractivity contribution in [2.75, 3.05) is 32.8 Å². The first-order valence-corrected chi connectivity index (χ1v) is 8.26. The minimum absolute atomic E-state index is 0.0158. The Morgan fingerprint density at radius 3 is 2.22 bits per heavy atom. The Kier molecular flexibility index (Phi) is 5.56. The average Bonchev–Trinajstić information content (AvgIpc) is 2.63. The molecule has 0 N–H and O–H groups in total. The second-order valence-electron chi connectivity index (χ2n) is 6.03. The summed E-state index contributed by atoms with van der Waals surface area (Å²) in [6, 6.07) is 19.9. The van der Waals surface area contributed by atoms with E-state index in [2.05, 4.69) is 17.0 Å². The molecule has 0 bridgehead atoms. The summed E-state index contributed by atoms with van der Waals surface area (Å²) in [6.07, 6.45) is 0.784. The zero-order valence-electron chi connectivity index (χ0n) is 13.4. The van der Waals surface area contributed by atoms with Crippen LogP contribution in [-0.4, -0.2) is 43.5 Å². The quantitative estimate of drug-likeness (QED) is 0.768. The van der Waals surface area contributed by atoms with Gasteiger partial charge in [-0.3, -0.25) is 9.69 Å². The van der Waals surface area contributed by atoms with Crippen molar-refractivity contribution < 1.29 is 9.53 Å². The Hall–Kier alpha value is -1.97.